The maximum atomic E-state index is 11.8. The zero-order chi connectivity index (χ0) is 9.68. The second kappa shape index (κ2) is 5.22. The van der Waals surface area contributed by atoms with Crippen LogP contribution in [0.2, 0.25) is 0 Å². The minimum absolute atomic E-state index is 0.125. The predicted molar refractivity (Wildman–Crippen MR) is 55.3 cm³/mol. The Balaban J connectivity index is 2.68. The molecule has 0 aliphatic carbocycles. The fourth-order valence-electron chi connectivity index (χ4n) is 1.01. The summed E-state index contributed by atoms with van der Waals surface area (Å²) in [5.41, 5.74) is 1.14. The number of hydrogen-bond acceptors (Lipinski definition) is 1. The van der Waals surface area contributed by atoms with Crippen molar-refractivity contribution < 1.29 is 9.13 Å². The van der Waals surface area contributed by atoms with Crippen LogP contribution >= 0.6 is 15.9 Å². The van der Waals surface area contributed by atoms with Gasteiger partial charge in [0.15, 0.2) is 0 Å². The van der Waals surface area contributed by atoms with Crippen molar-refractivity contribution in [1.29, 1.82) is 0 Å². The molecule has 0 fully saturated rings. The smallest absolute Gasteiger partial charge is 0.123 e. The minimum Gasteiger partial charge on any atom is -0.491 e. The Kier molecular flexibility index (Phi) is 4.22. The summed E-state index contributed by atoms with van der Waals surface area (Å²) in [6.45, 7) is 1.71. The molecule has 0 saturated carbocycles. The average molecular weight is 247 g/mol. The third kappa shape index (κ3) is 3.35. The van der Waals surface area contributed by atoms with E-state index in [2.05, 4.69) is 15.9 Å². The molecule has 0 heterocycles. The first-order valence-corrected chi connectivity index (χ1v) is 5.08. The molecule has 0 radical (unpaired) electrons. The number of ether oxygens (including phenoxy) is 1. The van der Waals surface area contributed by atoms with Gasteiger partial charge in [0.25, 0.3) is 0 Å². The van der Waals surface area contributed by atoms with E-state index in [0.717, 1.165) is 11.3 Å². The number of rotatable bonds is 4. The quantitative estimate of drug-likeness (QED) is 0.740. The highest BCUT2D eigenvalue weighted by atomic mass is 79.9. The zero-order valence-electron chi connectivity index (χ0n) is 7.47. The summed E-state index contributed by atoms with van der Waals surface area (Å²) < 4.78 is 17.0. The van der Waals surface area contributed by atoms with Gasteiger partial charge in [0.2, 0.25) is 0 Å². The third-order valence-corrected chi connectivity index (χ3v) is 2.19. The zero-order valence-corrected chi connectivity index (χ0v) is 9.05. The average Bonchev–Trinajstić information content (AvgIpc) is 2.15. The van der Waals surface area contributed by atoms with Crippen LogP contribution in [0.4, 0.5) is 4.39 Å². The summed E-state index contributed by atoms with van der Waals surface area (Å²) in [5, 5.41) is 0. The van der Waals surface area contributed by atoms with Crippen molar-refractivity contribution in [3.05, 3.63) is 29.8 Å². The fraction of sp³-hybridized carbons (Fsp3) is 0.400. The van der Waals surface area contributed by atoms with Gasteiger partial charge in [-0.3, -0.25) is 0 Å². The predicted octanol–water partition coefficient (Wildman–Crippen LogP) is 3.49. The van der Waals surface area contributed by atoms with Crippen LogP contribution in [-0.4, -0.2) is 13.3 Å². The van der Waals surface area contributed by atoms with Crippen molar-refractivity contribution in [2.45, 2.75) is 11.8 Å². The van der Waals surface area contributed by atoms with Crippen LogP contribution in [0.15, 0.2) is 24.3 Å². The van der Waals surface area contributed by atoms with Gasteiger partial charge in [-0.25, -0.2) is 4.39 Å². The molecule has 1 aromatic rings. The number of hydrogen-bond donors (Lipinski definition) is 0. The van der Waals surface area contributed by atoms with Crippen LogP contribution in [0.3, 0.4) is 0 Å². The van der Waals surface area contributed by atoms with E-state index in [1.807, 2.05) is 31.2 Å². The van der Waals surface area contributed by atoms with Gasteiger partial charge < -0.3 is 4.74 Å². The highest BCUT2D eigenvalue weighted by Crippen LogP contribution is 2.24. The summed E-state index contributed by atoms with van der Waals surface area (Å²) >= 11 is 3.46. The molecule has 1 rings (SSSR count). The van der Waals surface area contributed by atoms with Gasteiger partial charge in [-0.15, -0.1) is 0 Å². The van der Waals surface area contributed by atoms with Crippen molar-refractivity contribution >= 4 is 15.9 Å². The van der Waals surface area contributed by atoms with E-state index < -0.39 is 6.67 Å². The Hall–Kier alpha value is -0.570. The molecular formula is C10H12BrFO. The summed E-state index contributed by atoms with van der Waals surface area (Å²) in [5.74, 6) is 0.724. The van der Waals surface area contributed by atoms with E-state index in [4.69, 9.17) is 4.74 Å². The standard InChI is InChI=1S/C10H12BrFO/c1-8(11)9-3-2-4-10(7-9)13-6-5-12/h2-4,7-8H,5-6H2,1H3/t8-/m1/s1. The molecule has 0 N–H and O–H groups in total. The van der Waals surface area contributed by atoms with Crippen molar-refractivity contribution in [1.82, 2.24) is 0 Å². The van der Waals surface area contributed by atoms with Crippen LogP contribution in [-0.2, 0) is 0 Å². The molecule has 0 saturated heterocycles. The second-order valence-electron chi connectivity index (χ2n) is 2.73. The topological polar surface area (TPSA) is 9.23 Å². The molecule has 0 unspecified atom stereocenters. The van der Waals surface area contributed by atoms with Crippen molar-refractivity contribution in [3.63, 3.8) is 0 Å². The molecule has 0 spiro atoms. The van der Waals surface area contributed by atoms with Gasteiger partial charge in [0.1, 0.15) is 19.0 Å². The Bertz CT molecular complexity index is 263. The molecule has 1 aromatic carbocycles. The van der Waals surface area contributed by atoms with Gasteiger partial charge in [0.05, 0.1) is 0 Å². The highest BCUT2D eigenvalue weighted by Gasteiger charge is 2.01. The first-order valence-electron chi connectivity index (χ1n) is 4.17. The van der Waals surface area contributed by atoms with Crippen molar-refractivity contribution in [2.24, 2.45) is 0 Å². The normalized spacial score (nSPS) is 12.5. The Morgan fingerprint density at radius 2 is 2.31 bits per heavy atom. The van der Waals surface area contributed by atoms with Crippen LogP contribution in [0.25, 0.3) is 0 Å². The maximum absolute atomic E-state index is 11.8. The van der Waals surface area contributed by atoms with Crippen LogP contribution in [0.1, 0.15) is 17.3 Å². The molecule has 13 heavy (non-hydrogen) atoms. The molecule has 0 amide bonds. The monoisotopic (exact) mass is 246 g/mol. The van der Waals surface area contributed by atoms with E-state index in [-0.39, 0.29) is 6.61 Å². The molecule has 0 aliphatic heterocycles. The lowest BCUT2D eigenvalue weighted by atomic mass is 10.2. The first kappa shape index (κ1) is 10.5. The van der Waals surface area contributed by atoms with Crippen LogP contribution < -0.4 is 4.74 Å². The van der Waals surface area contributed by atoms with Crippen LogP contribution in [0, 0.1) is 0 Å². The largest absolute Gasteiger partial charge is 0.491 e. The molecule has 72 valence electrons. The minimum atomic E-state index is -0.450. The van der Waals surface area contributed by atoms with Crippen LogP contribution in [0.5, 0.6) is 5.75 Å². The van der Waals surface area contributed by atoms with Crippen molar-refractivity contribution in [2.75, 3.05) is 13.3 Å². The lowest BCUT2D eigenvalue weighted by Crippen LogP contribution is -1.98. The van der Waals surface area contributed by atoms with Crippen molar-refractivity contribution in [3.8, 4) is 5.75 Å². The molecule has 1 atom stereocenters. The SMILES string of the molecule is C[C@@H](Br)c1cccc(OCCF)c1. The third-order valence-electron chi connectivity index (χ3n) is 1.66. The summed E-state index contributed by atoms with van der Waals surface area (Å²) in [7, 11) is 0. The fourth-order valence-corrected chi connectivity index (χ4v) is 1.29. The highest BCUT2D eigenvalue weighted by molar-refractivity contribution is 9.09. The van der Waals surface area contributed by atoms with E-state index >= 15 is 0 Å². The molecule has 0 aliphatic rings. The Morgan fingerprint density at radius 1 is 1.54 bits per heavy atom. The number of benzene rings is 1. The lowest BCUT2D eigenvalue weighted by molar-refractivity contribution is 0.273. The first-order chi connectivity index (χ1) is 6.24. The van der Waals surface area contributed by atoms with E-state index in [0.29, 0.717) is 4.83 Å². The van der Waals surface area contributed by atoms with Gasteiger partial charge in [-0.2, -0.15) is 0 Å². The van der Waals surface area contributed by atoms with Gasteiger partial charge in [0, 0.05) is 4.83 Å². The van der Waals surface area contributed by atoms with Gasteiger partial charge in [-0.05, 0) is 24.6 Å². The molecule has 0 bridgehead atoms. The van der Waals surface area contributed by atoms with Gasteiger partial charge in [-0.1, -0.05) is 28.1 Å². The van der Waals surface area contributed by atoms with E-state index in [9.17, 15) is 4.39 Å². The summed E-state index contributed by atoms with van der Waals surface area (Å²) in [6.07, 6.45) is 0. The molecule has 3 heteroatoms. The Labute approximate surface area is 86.0 Å². The molecule has 1 nitrogen and oxygen atoms in total. The van der Waals surface area contributed by atoms with Gasteiger partial charge >= 0.3 is 0 Å². The lowest BCUT2D eigenvalue weighted by Gasteiger charge is -2.07. The number of halogens is 2. The summed E-state index contributed by atoms with van der Waals surface area (Å²) in [6, 6.07) is 7.64. The second-order valence-corrected chi connectivity index (χ2v) is 4.10. The van der Waals surface area contributed by atoms with E-state index in [1.54, 1.807) is 0 Å². The molecule has 0 aromatic heterocycles. The maximum Gasteiger partial charge on any atom is 0.123 e. The molecular weight excluding hydrogens is 235 g/mol. The number of alkyl halides is 2. The Morgan fingerprint density at radius 3 is 2.92 bits per heavy atom. The summed E-state index contributed by atoms with van der Waals surface area (Å²) in [4.78, 5) is 0.293. The van der Waals surface area contributed by atoms with E-state index in [1.165, 1.54) is 0 Å².